The van der Waals surface area contributed by atoms with Crippen molar-refractivity contribution in [2.24, 2.45) is 0 Å². The average molecular weight is 236 g/mol. The normalized spacial score (nSPS) is 10.7. The van der Waals surface area contributed by atoms with Gasteiger partial charge in [0.1, 0.15) is 18.0 Å². The summed E-state index contributed by atoms with van der Waals surface area (Å²) >= 11 is 0. The van der Waals surface area contributed by atoms with Crippen molar-refractivity contribution in [1.29, 1.82) is 0 Å². The van der Waals surface area contributed by atoms with E-state index >= 15 is 0 Å². The van der Waals surface area contributed by atoms with E-state index in [2.05, 4.69) is 47.9 Å². The fraction of sp³-hybridized carbons (Fsp3) is 0.692. The lowest BCUT2D eigenvalue weighted by molar-refractivity contribution is 0.657. The van der Waals surface area contributed by atoms with E-state index in [4.69, 9.17) is 0 Å². The van der Waals surface area contributed by atoms with Crippen LogP contribution in [0.2, 0.25) is 0 Å². The highest BCUT2D eigenvalue weighted by Gasteiger charge is 2.17. The van der Waals surface area contributed by atoms with Crippen LogP contribution in [0.1, 0.15) is 39.7 Å². The second-order valence-corrected chi connectivity index (χ2v) is 4.42. The highest BCUT2D eigenvalue weighted by atomic mass is 15.2. The summed E-state index contributed by atoms with van der Waals surface area (Å²) in [7, 11) is 1.91. The Morgan fingerprint density at radius 1 is 1.29 bits per heavy atom. The van der Waals surface area contributed by atoms with Gasteiger partial charge >= 0.3 is 0 Å². The van der Waals surface area contributed by atoms with E-state index in [1.165, 1.54) is 5.56 Å². The Hall–Kier alpha value is -1.32. The molecule has 1 aromatic rings. The zero-order valence-corrected chi connectivity index (χ0v) is 11.6. The van der Waals surface area contributed by atoms with Gasteiger partial charge in [-0.2, -0.15) is 0 Å². The molecule has 4 nitrogen and oxygen atoms in total. The second-order valence-electron chi connectivity index (χ2n) is 4.42. The van der Waals surface area contributed by atoms with Gasteiger partial charge < -0.3 is 10.2 Å². The number of nitrogens with zero attached hydrogens (tertiary/aromatic N) is 3. The molecular weight excluding hydrogens is 212 g/mol. The lowest BCUT2D eigenvalue weighted by Crippen LogP contribution is -2.33. The molecule has 96 valence electrons. The number of nitrogens with one attached hydrogen (secondary N) is 1. The summed E-state index contributed by atoms with van der Waals surface area (Å²) in [6.07, 6.45) is 3.71. The lowest BCUT2D eigenvalue weighted by Gasteiger charge is -2.29. The van der Waals surface area contributed by atoms with Gasteiger partial charge in [0, 0.05) is 25.2 Å². The van der Waals surface area contributed by atoms with Gasteiger partial charge in [0.05, 0.1) is 0 Å². The number of anilines is 2. The van der Waals surface area contributed by atoms with E-state index in [0.717, 1.165) is 31.0 Å². The van der Waals surface area contributed by atoms with Gasteiger partial charge in [-0.1, -0.05) is 13.8 Å². The van der Waals surface area contributed by atoms with Gasteiger partial charge in [0.25, 0.3) is 0 Å². The first-order valence-electron chi connectivity index (χ1n) is 6.43. The molecule has 0 saturated heterocycles. The Morgan fingerprint density at radius 2 is 2.00 bits per heavy atom. The first-order valence-corrected chi connectivity index (χ1v) is 6.43. The first-order chi connectivity index (χ1) is 8.15. The van der Waals surface area contributed by atoms with E-state index in [0.29, 0.717) is 6.04 Å². The van der Waals surface area contributed by atoms with Crippen LogP contribution in [0.3, 0.4) is 0 Å². The minimum absolute atomic E-state index is 0.458. The third kappa shape index (κ3) is 3.08. The summed E-state index contributed by atoms with van der Waals surface area (Å²) in [5.41, 5.74) is 1.21. The van der Waals surface area contributed by atoms with E-state index in [1.807, 2.05) is 7.05 Å². The van der Waals surface area contributed by atoms with E-state index < -0.39 is 0 Å². The summed E-state index contributed by atoms with van der Waals surface area (Å²) in [6.45, 7) is 9.78. The van der Waals surface area contributed by atoms with Crippen molar-refractivity contribution in [3.63, 3.8) is 0 Å². The molecule has 17 heavy (non-hydrogen) atoms. The van der Waals surface area contributed by atoms with Crippen LogP contribution >= 0.6 is 0 Å². The number of hydrogen-bond acceptors (Lipinski definition) is 4. The van der Waals surface area contributed by atoms with Crippen LogP contribution in [0.15, 0.2) is 6.33 Å². The summed E-state index contributed by atoms with van der Waals surface area (Å²) in [4.78, 5) is 11.1. The van der Waals surface area contributed by atoms with Crippen LogP contribution in [0.25, 0.3) is 0 Å². The zero-order valence-electron chi connectivity index (χ0n) is 11.6. The smallest absolute Gasteiger partial charge is 0.137 e. The molecule has 0 amide bonds. The Kier molecular flexibility index (Phi) is 5.19. The molecule has 0 saturated carbocycles. The maximum atomic E-state index is 4.47. The van der Waals surface area contributed by atoms with Crippen molar-refractivity contribution in [2.75, 3.05) is 23.8 Å². The van der Waals surface area contributed by atoms with Crippen molar-refractivity contribution in [3.05, 3.63) is 11.9 Å². The SMILES string of the molecule is CCCN(c1ncnc(NC)c1CC)C(C)C. The lowest BCUT2D eigenvalue weighted by atomic mass is 10.1. The Morgan fingerprint density at radius 3 is 2.47 bits per heavy atom. The van der Waals surface area contributed by atoms with Crippen LogP contribution in [0.4, 0.5) is 11.6 Å². The fourth-order valence-corrected chi connectivity index (χ4v) is 2.04. The zero-order chi connectivity index (χ0) is 12.8. The van der Waals surface area contributed by atoms with Crippen molar-refractivity contribution in [1.82, 2.24) is 9.97 Å². The molecular formula is C13H24N4. The number of hydrogen-bond donors (Lipinski definition) is 1. The van der Waals surface area contributed by atoms with Gasteiger partial charge in [-0.25, -0.2) is 9.97 Å². The second kappa shape index (κ2) is 6.42. The van der Waals surface area contributed by atoms with Crippen molar-refractivity contribution in [3.8, 4) is 0 Å². The van der Waals surface area contributed by atoms with E-state index in [9.17, 15) is 0 Å². The van der Waals surface area contributed by atoms with Crippen LogP contribution in [-0.4, -0.2) is 29.6 Å². The maximum absolute atomic E-state index is 4.47. The van der Waals surface area contributed by atoms with Crippen LogP contribution in [0.5, 0.6) is 0 Å². The molecule has 0 atom stereocenters. The molecule has 0 radical (unpaired) electrons. The third-order valence-electron chi connectivity index (χ3n) is 2.87. The number of aromatic nitrogens is 2. The van der Waals surface area contributed by atoms with Gasteiger partial charge in [0.15, 0.2) is 0 Å². The standard InChI is InChI=1S/C13H24N4/c1-6-8-17(10(3)4)13-11(7-2)12(14-5)15-9-16-13/h9-10H,6-8H2,1-5H3,(H,14,15,16). The fourth-order valence-electron chi connectivity index (χ4n) is 2.04. The molecule has 0 spiro atoms. The average Bonchev–Trinajstić information content (AvgIpc) is 2.34. The molecule has 0 bridgehead atoms. The molecule has 1 rings (SSSR count). The Bertz CT molecular complexity index is 349. The van der Waals surface area contributed by atoms with Crippen LogP contribution in [-0.2, 0) is 6.42 Å². The minimum Gasteiger partial charge on any atom is -0.373 e. The third-order valence-corrected chi connectivity index (χ3v) is 2.87. The summed E-state index contributed by atoms with van der Waals surface area (Å²) in [5.74, 6) is 2.02. The van der Waals surface area contributed by atoms with Crippen LogP contribution < -0.4 is 10.2 Å². The molecule has 0 aliphatic rings. The molecule has 1 aromatic heterocycles. The van der Waals surface area contributed by atoms with E-state index in [1.54, 1.807) is 6.33 Å². The largest absolute Gasteiger partial charge is 0.373 e. The molecule has 0 fully saturated rings. The Labute approximate surface area is 104 Å². The van der Waals surface area contributed by atoms with Gasteiger partial charge in [-0.15, -0.1) is 0 Å². The van der Waals surface area contributed by atoms with Gasteiger partial charge in [0.2, 0.25) is 0 Å². The monoisotopic (exact) mass is 236 g/mol. The Balaban J connectivity index is 3.17. The van der Waals surface area contributed by atoms with E-state index in [-0.39, 0.29) is 0 Å². The summed E-state index contributed by atoms with van der Waals surface area (Å²) in [6, 6.07) is 0.458. The summed E-state index contributed by atoms with van der Waals surface area (Å²) < 4.78 is 0. The van der Waals surface area contributed by atoms with Gasteiger partial charge in [-0.05, 0) is 26.7 Å². The van der Waals surface area contributed by atoms with Crippen molar-refractivity contribution < 1.29 is 0 Å². The number of rotatable bonds is 6. The predicted octanol–water partition coefficient (Wildman–Crippen LogP) is 2.71. The first kappa shape index (κ1) is 13.7. The molecule has 1 heterocycles. The highest BCUT2D eigenvalue weighted by Crippen LogP contribution is 2.25. The quantitative estimate of drug-likeness (QED) is 0.824. The maximum Gasteiger partial charge on any atom is 0.137 e. The molecule has 1 N–H and O–H groups in total. The molecule has 0 aliphatic heterocycles. The molecule has 4 heteroatoms. The molecule has 0 unspecified atom stereocenters. The minimum atomic E-state index is 0.458. The summed E-state index contributed by atoms with van der Waals surface area (Å²) in [5, 5.41) is 3.15. The molecule has 0 aromatic carbocycles. The van der Waals surface area contributed by atoms with Crippen molar-refractivity contribution >= 4 is 11.6 Å². The topological polar surface area (TPSA) is 41.1 Å². The van der Waals surface area contributed by atoms with Crippen molar-refractivity contribution in [2.45, 2.75) is 46.6 Å². The van der Waals surface area contributed by atoms with Crippen LogP contribution in [0, 0.1) is 0 Å². The molecule has 0 aliphatic carbocycles. The predicted molar refractivity (Wildman–Crippen MR) is 73.7 cm³/mol. The van der Waals surface area contributed by atoms with Gasteiger partial charge in [-0.3, -0.25) is 0 Å². The highest BCUT2D eigenvalue weighted by molar-refractivity contribution is 5.58.